The highest BCUT2D eigenvalue weighted by Crippen LogP contribution is 2.26. The first-order valence-electron chi connectivity index (χ1n) is 22.9. The number of esters is 1. The van der Waals surface area contributed by atoms with Crippen LogP contribution < -0.4 is 0 Å². The van der Waals surface area contributed by atoms with Crippen LogP contribution in [0, 0.1) is 5.92 Å². The number of aromatic hydroxyl groups is 2. The highest BCUT2D eigenvalue weighted by molar-refractivity contribution is 5.72. The lowest BCUT2D eigenvalue weighted by Crippen LogP contribution is -2.24. The predicted molar refractivity (Wildman–Crippen MR) is 255 cm³/mol. The highest BCUT2D eigenvalue weighted by Gasteiger charge is 2.20. The van der Waals surface area contributed by atoms with Gasteiger partial charge in [0.2, 0.25) is 0 Å². The van der Waals surface area contributed by atoms with E-state index in [1.54, 1.807) is 18.2 Å². The summed E-state index contributed by atoms with van der Waals surface area (Å²) in [6.07, 6.45) is 11.7. The number of carbonyl (C=O) groups is 1. The summed E-state index contributed by atoms with van der Waals surface area (Å²) in [5.74, 6) is 3.30. The van der Waals surface area contributed by atoms with E-state index in [-0.39, 0.29) is 23.4 Å². The number of hydrogen-bond acceptors (Lipinski definition) is 4. The van der Waals surface area contributed by atoms with Gasteiger partial charge in [-0.15, -0.1) is 0 Å². The van der Waals surface area contributed by atoms with Crippen LogP contribution in [-0.2, 0) is 14.9 Å². The Labute approximate surface area is 362 Å². The average Bonchev–Trinajstić information content (AvgIpc) is 3.26. The normalized spacial score (nSPS) is 15.0. The quantitative estimate of drug-likeness (QED) is 0.148. The van der Waals surface area contributed by atoms with E-state index in [2.05, 4.69) is 131 Å². The van der Waals surface area contributed by atoms with E-state index in [0.29, 0.717) is 35.2 Å². The Hall–Kier alpha value is -4.05. The summed E-state index contributed by atoms with van der Waals surface area (Å²) < 4.78 is 5.41. The van der Waals surface area contributed by atoms with Gasteiger partial charge in [-0.3, -0.25) is 4.79 Å². The molecule has 5 rings (SSSR count). The zero-order valence-corrected chi connectivity index (χ0v) is 39.6. The molecule has 59 heavy (non-hydrogen) atoms. The van der Waals surface area contributed by atoms with Gasteiger partial charge in [-0.2, -0.15) is 0 Å². The van der Waals surface area contributed by atoms with E-state index in [0.717, 1.165) is 32.1 Å². The van der Waals surface area contributed by atoms with Crippen LogP contribution in [0.3, 0.4) is 0 Å². The summed E-state index contributed by atoms with van der Waals surface area (Å²) >= 11 is 0. The van der Waals surface area contributed by atoms with Gasteiger partial charge in [0.15, 0.2) is 0 Å². The van der Waals surface area contributed by atoms with Gasteiger partial charge in [-0.1, -0.05) is 175 Å². The van der Waals surface area contributed by atoms with E-state index in [1.807, 2.05) is 44.2 Å². The molecule has 1 saturated carbocycles. The number of rotatable bonds is 11. The lowest BCUT2D eigenvalue weighted by Gasteiger charge is -2.23. The highest BCUT2D eigenvalue weighted by atomic mass is 16.5. The third-order valence-corrected chi connectivity index (χ3v) is 11.9. The molecule has 0 bridgehead atoms. The monoisotopic (exact) mass is 809 g/mol. The van der Waals surface area contributed by atoms with E-state index in [4.69, 9.17) is 14.9 Å². The molecule has 328 valence electrons. The predicted octanol–water partition coefficient (Wildman–Crippen LogP) is 16.4. The van der Waals surface area contributed by atoms with Gasteiger partial charge >= 0.3 is 5.97 Å². The molecule has 1 fully saturated rings. The fourth-order valence-electron chi connectivity index (χ4n) is 6.30. The largest absolute Gasteiger partial charge is 0.508 e. The maximum Gasteiger partial charge on any atom is 0.308 e. The van der Waals surface area contributed by atoms with Crippen molar-refractivity contribution in [2.45, 2.75) is 189 Å². The molecule has 1 aliphatic rings. The first-order chi connectivity index (χ1) is 28.0. The van der Waals surface area contributed by atoms with Crippen LogP contribution in [0.2, 0.25) is 0 Å². The van der Waals surface area contributed by atoms with Crippen molar-refractivity contribution in [2.24, 2.45) is 5.92 Å². The molecule has 4 aromatic rings. The zero-order chi connectivity index (χ0) is 44.4. The minimum Gasteiger partial charge on any atom is -0.508 e. The molecule has 0 aromatic heterocycles. The Morgan fingerprint density at radius 3 is 1.39 bits per heavy atom. The third-order valence-electron chi connectivity index (χ3n) is 11.9. The molecule has 0 amide bonds. The smallest absolute Gasteiger partial charge is 0.308 e. The lowest BCUT2D eigenvalue weighted by molar-refractivity contribution is -0.155. The van der Waals surface area contributed by atoms with Gasteiger partial charge < -0.3 is 14.9 Å². The first-order valence-corrected chi connectivity index (χ1v) is 22.9. The van der Waals surface area contributed by atoms with Gasteiger partial charge in [0, 0.05) is 0 Å². The maximum absolute atomic E-state index is 11.4. The standard InChI is InChI=1S/C14H22.C11H20O2.2C10H14O.C10H14/c1-6-11(2)12-7-9-13(10-8-12)14(3,4)5;1-3-9(2)11(12)13-10-7-5-4-6-8-10;1-3-8(2)9-4-6-10(11)7-5-9;1-3-8(2)9-5-4-6-10(11)7-9;1-3-9(2)10-7-5-4-6-8-10/h7-11H,6H2,1-5H3;9-10H,3-8H2,1-2H3;2*4-8,11H,3H2,1-2H3;4-9H,3H2,1-2H3. The van der Waals surface area contributed by atoms with Crippen LogP contribution in [0.5, 0.6) is 11.5 Å². The van der Waals surface area contributed by atoms with Gasteiger partial charge in [-0.05, 0) is 139 Å². The Balaban J connectivity index is 0.000000371. The molecule has 0 heterocycles. The molecular weight excluding hydrogens is 725 g/mol. The molecule has 1 aliphatic carbocycles. The van der Waals surface area contributed by atoms with E-state index >= 15 is 0 Å². The van der Waals surface area contributed by atoms with Crippen LogP contribution >= 0.6 is 0 Å². The third kappa shape index (κ3) is 21.7. The first kappa shape index (κ1) is 53.0. The molecule has 2 N–H and O–H groups in total. The Morgan fingerprint density at radius 2 is 0.966 bits per heavy atom. The second kappa shape index (κ2) is 29.2. The van der Waals surface area contributed by atoms with Crippen molar-refractivity contribution in [2.75, 3.05) is 0 Å². The van der Waals surface area contributed by atoms with Crippen molar-refractivity contribution >= 4 is 5.97 Å². The molecule has 0 radical (unpaired) electrons. The summed E-state index contributed by atoms with van der Waals surface area (Å²) in [5.41, 5.74) is 7.11. The number of phenols is 2. The molecular formula is C55H84O4. The molecule has 4 aromatic carbocycles. The topological polar surface area (TPSA) is 66.8 Å². The maximum atomic E-state index is 11.4. The van der Waals surface area contributed by atoms with Crippen LogP contribution in [0.4, 0.5) is 0 Å². The Kier molecular flexibility index (Phi) is 26.2. The number of carbonyl (C=O) groups excluding carboxylic acids is 1. The summed E-state index contributed by atoms with van der Waals surface area (Å²) in [6, 6.07) is 34.6. The molecule has 4 heteroatoms. The lowest BCUT2D eigenvalue weighted by atomic mass is 9.85. The van der Waals surface area contributed by atoms with Gasteiger partial charge in [0.25, 0.3) is 0 Å². The number of hydrogen-bond donors (Lipinski definition) is 2. The van der Waals surface area contributed by atoms with Gasteiger partial charge in [0.05, 0.1) is 5.92 Å². The van der Waals surface area contributed by atoms with Crippen molar-refractivity contribution in [3.63, 3.8) is 0 Å². The summed E-state index contributed by atoms with van der Waals surface area (Å²) in [4.78, 5) is 11.4. The minimum absolute atomic E-state index is 0.00519. The van der Waals surface area contributed by atoms with Crippen molar-refractivity contribution < 1.29 is 19.7 Å². The molecule has 5 unspecified atom stereocenters. The van der Waals surface area contributed by atoms with E-state index in [9.17, 15) is 4.79 Å². The second-order valence-corrected chi connectivity index (χ2v) is 17.7. The average molecular weight is 809 g/mol. The second-order valence-electron chi connectivity index (χ2n) is 17.7. The number of ether oxygens (including phenoxy) is 1. The van der Waals surface area contributed by atoms with Gasteiger partial charge in [-0.25, -0.2) is 0 Å². The van der Waals surface area contributed by atoms with Crippen molar-refractivity contribution in [1.82, 2.24) is 0 Å². The van der Waals surface area contributed by atoms with Crippen molar-refractivity contribution in [1.29, 1.82) is 0 Å². The minimum atomic E-state index is -0.00519. The Bertz CT molecular complexity index is 1630. The summed E-state index contributed by atoms with van der Waals surface area (Å²) in [7, 11) is 0. The molecule has 0 saturated heterocycles. The molecule has 5 atom stereocenters. The van der Waals surface area contributed by atoms with Crippen LogP contribution in [0.25, 0.3) is 0 Å². The SMILES string of the molecule is CCC(C)C(=O)OC1CCCCC1.CCC(C)c1ccc(C(C)(C)C)cc1.CCC(C)c1ccc(O)cc1.CCC(C)c1cccc(O)c1.CCC(C)c1ccccc1. The van der Waals surface area contributed by atoms with Crippen molar-refractivity contribution in [3.05, 3.63) is 131 Å². The van der Waals surface area contributed by atoms with Crippen LogP contribution in [0.1, 0.15) is 206 Å². The zero-order valence-electron chi connectivity index (χ0n) is 39.6. The number of phenolic OH excluding ortho intramolecular Hbond substituents is 2. The van der Waals surface area contributed by atoms with Crippen LogP contribution in [-0.4, -0.2) is 22.3 Å². The fraction of sp³-hybridized carbons (Fsp3) is 0.545. The summed E-state index contributed by atoms with van der Waals surface area (Å²) in [6.45, 7) is 28.4. The summed E-state index contributed by atoms with van der Waals surface area (Å²) in [5, 5.41) is 18.2. The fourth-order valence-corrected chi connectivity index (χ4v) is 6.30. The molecule has 0 spiro atoms. The van der Waals surface area contributed by atoms with Gasteiger partial charge in [0.1, 0.15) is 17.6 Å². The molecule has 0 aliphatic heterocycles. The van der Waals surface area contributed by atoms with Crippen LogP contribution in [0.15, 0.2) is 103 Å². The van der Waals surface area contributed by atoms with E-state index < -0.39 is 0 Å². The molecule has 4 nitrogen and oxygen atoms in total. The number of benzene rings is 4. The Morgan fingerprint density at radius 1 is 0.542 bits per heavy atom. The van der Waals surface area contributed by atoms with E-state index in [1.165, 1.54) is 59.9 Å². The van der Waals surface area contributed by atoms with Crippen molar-refractivity contribution in [3.8, 4) is 11.5 Å².